The van der Waals surface area contributed by atoms with Crippen molar-refractivity contribution >= 4 is 11.9 Å². The highest BCUT2D eigenvalue weighted by Crippen LogP contribution is 2.39. The zero-order chi connectivity index (χ0) is 17.7. The molecule has 24 heavy (non-hydrogen) atoms. The fourth-order valence-corrected chi connectivity index (χ4v) is 3.57. The van der Waals surface area contributed by atoms with E-state index in [9.17, 15) is 14.0 Å². The number of rotatable bonds is 6. The highest BCUT2D eigenvalue weighted by Gasteiger charge is 2.46. The smallest absolute Gasteiger partial charge is 0.317 e. The molecule has 3 unspecified atom stereocenters. The van der Waals surface area contributed by atoms with Crippen LogP contribution in [0, 0.1) is 11.7 Å². The number of urea groups is 1. The molecule has 0 bridgehead atoms. The van der Waals surface area contributed by atoms with Crippen LogP contribution in [0.15, 0.2) is 24.3 Å². The average Bonchev–Trinajstić information content (AvgIpc) is 2.93. The molecule has 132 valence electrons. The largest absolute Gasteiger partial charge is 0.369 e. The summed E-state index contributed by atoms with van der Waals surface area (Å²) < 4.78 is 13.2. The fourth-order valence-electron chi connectivity index (χ4n) is 3.57. The Labute approximate surface area is 142 Å². The molecular formula is C18H26FN3O2. The van der Waals surface area contributed by atoms with Gasteiger partial charge in [-0.3, -0.25) is 4.79 Å². The number of benzene rings is 1. The highest BCUT2D eigenvalue weighted by atomic mass is 19.1. The number of nitrogens with zero attached hydrogens (tertiary/aromatic N) is 1. The number of likely N-dealkylation sites (tertiary alicyclic amines) is 1. The van der Waals surface area contributed by atoms with Crippen LogP contribution in [-0.4, -0.2) is 36.0 Å². The molecule has 0 aliphatic carbocycles. The van der Waals surface area contributed by atoms with Gasteiger partial charge >= 0.3 is 6.03 Å². The van der Waals surface area contributed by atoms with Crippen molar-refractivity contribution in [3.63, 3.8) is 0 Å². The Hall–Kier alpha value is -2.11. The maximum atomic E-state index is 13.2. The lowest BCUT2D eigenvalue weighted by Gasteiger charge is -2.27. The monoisotopic (exact) mass is 335 g/mol. The Morgan fingerprint density at radius 3 is 2.50 bits per heavy atom. The first-order valence-corrected chi connectivity index (χ1v) is 8.58. The molecule has 1 saturated heterocycles. The van der Waals surface area contributed by atoms with E-state index in [1.807, 2.05) is 6.92 Å². The van der Waals surface area contributed by atoms with Crippen LogP contribution in [0.3, 0.4) is 0 Å². The molecule has 5 nitrogen and oxygen atoms in total. The molecule has 0 saturated carbocycles. The van der Waals surface area contributed by atoms with Gasteiger partial charge in [-0.2, -0.15) is 0 Å². The van der Waals surface area contributed by atoms with E-state index in [4.69, 9.17) is 5.73 Å². The van der Waals surface area contributed by atoms with E-state index < -0.39 is 11.8 Å². The fraction of sp³-hybridized carbons (Fsp3) is 0.556. The van der Waals surface area contributed by atoms with Gasteiger partial charge in [0.15, 0.2) is 0 Å². The van der Waals surface area contributed by atoms with Crippen LogP contribution in [0.1, 0.15) is 44.6 Å². The zero-order valence-electron chi connectivity index (χ0n) is 14.3. The summed E-state index contributed by atoms with van der Waals surface area (Å²) in [4.78, 5) is 26.3. The molecule has 6 heteroatoms. The van der Waals surface area contributed by atoms with Crippen molar-refractivity contribution in [3.05, 3.63) is 35.6 Å². The SMILES string of the molecule is CCCCC1C(C(N)=O)C(c2ccc(F)cc2)CN1C(=O)NCC. The van der Waals surface area contributed by atoms with E-state index in [2.05, 4.69) is 12.2 Å². The number of unbranched alkanes of at least 4 members (excludes halogenated alkanes) is 1. The van der Waals surface area contributed by atoms with Gasteiger partial charge in [-0.1, -0.05) is 31.9 Å². The lowest BCUT2D eigenvalue weighted by Crippen LogP contribution is -2.46. The van der Waals surface area contributed by atoms with Crippen molar-refractivity contribution < 1.29 is 14.0 Å². The number of nitrogens with one attached hydrogen (secondary N) is 1. The van der Waals surface area contributed by atoms with Gasteiger partial charge in [0, 0.05) is 25.0 Å². The number of amides is 3. The summed E-state index contributed by atoms with van der Waals surface area (Å²) >= 11 is 0. The first-order valence-electron chi connectivity index (χ1n) is 8.58. The van der Waals surface area contributed by atoms with Crippen LogP contribution in [-0.2, 0) is 4.79 Å². The van der Waals surface area contributed by atoms with E-state index in [-0.39, 0.29) is 23.8 Å². The van der Waals surface area contributed by atoms with Crippen molar-refractivity contribution in [2.24, 2.45) is 11.7 Å². The van der Waals surface area contributed by atoms with Crippen LogP contribution >= 0.6 is 0 Å². The number of hydrogen-bond acceptors (Lipinski definition) is 2. The summed E-state index contributed by atoms with van der Waals surface area (Å²) in [5.74, 6) is -1.38. The topological polar surface area (TPSA) is 75.4 Å². The van der Waals surface area contributed by atoms with Crippen LogP contribution in [0.4, 0.5) is 9.18 Å². The molecule has 0 radical (unpaired) electrons. The van der Waals surface area contributed by atoms with Crippen molar-refractivity contribution in [2.75, 3.05) is 13.1 Å². The second-order valence-electron chi connectivity index (χ2n) is 6.28. The quantitative estimate of drug-likeness (QED) is 0.838. The summed E-state index contributed by atoms with van der Waals surface area (Å²) in [6.07, 6.45) is 2.63. The van der Waals surface area contributed by atoms with E-state index in [1.165, 1.54) is 12.1 Å². The third kappa shape index (κ3) is 3.86. The lowest BCUT2D eigenvalue weighted by molar-refractivity contribution is -0.122. The van der Waals surface area contributed by atoms with Crippen LogP contribution in [0.25, 0.3) is 0 Å². The molecule has 1 aromatic rings. The van der Waals surface area contributed by atoms with Gasteiger partial charge in [-0.05, 0) is 31.0 Å². The van der Waals surface area contributed by atoms with Gasteiger partial charge < -0.3 is 16.0 Å². The number of carbonyl (C=O) groups is 2. The lowest BCUT2D eigenvalue weighted by atomic mass is 9.83. The minimum absolute atomic E-state index is 0.172. The van der Waals surface area contributed by atoms with Gasteiger partial charge in [0.1, 0.15) is 5.82 Å². The molecular weight excluding hydrogens is 309 g/mol. The van der Waals surface area contributed by atoms with Gasteiger partial charge in [0.25, 0.3) is 0 Å². The minimum Gasteiger partial charge on any atom is -0.369 e. The maximum absolute atomic E-state index is 13.2. The third-order valence-electron chi connectivity index (χ3n) is 4.71. The van der Waals surface area contributed by atoms with Crippen LogP contribution in [0.2, 0.25) is 0 Å². The van der Waals surface area contributed by atoms with Crippen molar-refractivity contribution in [2.45, 2.75) is 45.1 Å². The highest BCUT2D eigenvalue weighted by molar-refractivity contribution is 5.82. The number of halogens is 1. The predicted molar refractivity (Wildman–Crippen MR) is 90.9 cm³/mol. The van der Waals surface area contributed by atoms with Crippen molar-refractivity contribution in [1.29, 1.82) is 0 Å². The van der Waals surface area contributed by atoms with E-state index in [1.54, 1.807) is 17.0 Å². The summed E-state index contributed by atoms with van der Waals surface area (Å²) in [5.41, 5.74) is 6.52. The number of carbonyl (C=O) groups excluding carboxylic acids is 2. The van der Waals surface area contributed by atoms with Gasteiger partial charge in [0.2, 0.25) is 5.91 Å². The van der Waals surface area contributed by atoms with Gasteiger partial charge in [-0.25, -0.2) is 9.18 Å². The van der Waals surface area contributed by atoms with E-state index >= 15 is 0 Å². The second-order valence-corrected chi connectivity index (χ2v) is 6.28. The molecule has 2 rings (SSSR count). The zero-order valence-corrected chi connectivity index (χ0v) is 14.3. The van der Waals surface area contributed by atoms with E-state index in [0.29, 0.717) is 13.1 Å². The predicted octanol–water partition coefficient (Wildman–Crippen LogP) is 2.61. The first-order chi connectivity index (χ1) is 11.5. The average molecular weight is 335 g/mol. The second kappa shape index (κ2) is 8.13. The number of nitrogens with two attached hydrogens (primary N) is 1. The Morgan fingerprint density at radius 1 is 1.29 bits per heavy atom. The first kappa shape index (κ1) is 18.2. The summed E-state index contributed by atoms with van der Waals surface area (Å²) in [6.45, 7) is 4.87. The molecule has 3 atom stereocenters. The molecule has 0 spiro atoms. The summed E-state index contributed by atoms with van der Waals surface area (Å²) in [6, 6.07) is 5.72. The third-order valence-corrected chi connectivity index (χ3v) is 4.71. The van der Waals surface area contributed by atoms with Crippen LogP contribution < -0.4 is 11.1 Å². The minimum atomic E-state index is -0.454. The molecule has 3 amide bonds. The molecule has 1 heterocycles. The standard InChI is InChI=1S/C18H26FN3O2/c1-3-5-6-15-16(17(20)23)14(11-22(15)18(24)21-4-2)12-7-9-13(19)10-8-12/h7-10,14-16H,3-6,11H2,1-2H3,(H2,20,23)(H,21,24). The molecule has 1 fully saturated rings. The Bertz CT molecular complexity index is 576. The molecule has 1 aliphatic rings. The van der Waals surface area contributed by atoms with Gasteiger partial charge in [-0.15, -0.1) is 0 Å². The Balaban J connectivity index is 2.34. The Morgan fingerprint density at radius 2 is 1.96 bits per heavy atom. The molecule has 1 aliphatic heterocycles. The number of primary amides is 1. The summed E-state index contributed by atoms with van der Waals surface area (Å²) in [5, 5.41) is 2.81. The normalized spacial score (nSPS) is 23.3. The van der Waals surface area contributed by atoms with Gasteiger partial charge in [0.05, 0.1) is 5.92 Å². The molecule has 1 aromatic carbocycles. The number of hydrogen-bond donors (Lipinski definition) is 2. The van der Waals surface area contributed by atoms with Crippen molar-refractivity contribution in [1.82, 2.24) is 10.2 Å². The maximum Gasteiger partial charge on any atom is 0.317 e. The van der Waals surface area contributed by atoms with E-state index in [0.717, 1.165) is 24.8 Å². The molecule has 3 N–H and O–H groups in total. The van der Waals surface area contributed by atoms with Crippen LogP contribution in [0.5, 0.6) is 0 Å². The molecule has 0 aromatic heterocycles. The summed E-state index contributed by atoms with van der Waals surface area (Å²) in [7, 11) is 0. The Kier molecular flexibility index (Phi) is 6.17. The van der Waals surface area contributed by atoms with Crippen molar-refractivity contribution in [3.8, 4) is 0 Å².